The smallest absolute Gasteiger partial charge is 0.0441 e. The summed E-state index contributed by atoms with van der Waals surface area (Å²) in [4.78, 5) is 0. The standard InChI is InChI=1S/C14H22ClN/c1-2-3-4-5-8-12(11-16)13-9-6-7-10-14(13)15/h6-7,9-10,12H,2-5,8,11,16H2,1H3. The highest BCUT2D eigenvalue weighted by atomic mass is 35.5. The van der Waals surface area contributed by atoms with Crippen molar-refractivity contribution in [3.63, 3.8) is 0 Å². The van der Waals surface area contributed by atoms with Gasteiger partial charge in [0.05, 0.1) is 0 Å². The van der Waals surface area contributed by atoms with Crippen LogP contribution in [-0.4, -0.2) is 6.54 Å². The molecule has 1 aromatic carbocycles. The molecule has 2 heteroatoms. The number of benzene rings is 1. The SMILES string of the molecule is CCCCCCC(CN)c1ccccc1Cl. The molecule has 0 aliphatic heterocycles. The van der Waals surface area contributed by atoms with E-state index in [2.05, 4.69) is 13.0 Å². The minimum atomic E-state index is 0.422. The van der Waals surface area contributed by atoms with Crippen molar-refractivity contribution in [1.82, 2.24) is 0 Å². The molecule has 0 saturated heterocycles. The van der Waals surface area contributed by atoms with Crippen molar-refractivity contribution in [2.24, 2.45) is 5.73 Å². The van der Waals surface area contributed by atoms with Gasteiger partial charge < -0.3 is 5.73 Å². The molecule has 0 spiro atoms. The fourth-order valence-corrected chi connectivity index (χ4v) is 2.31. The molecule has 0 heterocycles. The van der Waals surface area contributed by atoms with E-state index >= 15 is 0 Å². The van der Waals surface area contributed by atoms with Gasteiger partial charge >= 0.3 is 0 Å². The van der Waals surface area contributed by atoms with Crippen LogP contribution in [0.15, 0.2) is 24.3 Å². The zero-order valence-electron chi connectivity index (χ0n) is 10.1. The first-order valence-corrected chi connectivity index (χ1v) is 6.61. The second-order valence-corrected chi connectivity index (χ2v) is 4.71. The Morgan fingerprint density at radius 2 is 1.94 bits per heavy atom. The summed E-state index contributed by atoms with van der Waals surface area (Å²) < 4.78 is 0. The van der Waals surface area contributed by atoms with Crippen LogP contribution >= 0.6 is 11.6 Å². The maximum absolute atomic E-state index is 6.18. The number of nitrogens with two attached hydrogens (primary N) is 1. The van der Waals surface area contributed by atoms with Gasteiger partial charge in [0, 0.05) is 5.02 Å². The van der Waals surface area contributed by atoms with Gasteiger partial charge in [-0.05, 0) is 30.5 Å². The number of rotatable bonds is 7. The molecule has 1 aromatic rings. The van der Waals surface area contributed by atoms with Gasteiger partial charge in [-0.15, -0.1) is 0 Å². The highest BCUT2D eigenvalue weighted by molar-refractivity contribution is 6.31. The van der Waals surface area contributed by atoms with Gasteiger partial charge in [0.25, 0.3) is 0 Å². The van der Waals surface area contributed by atoms with Crippen LogP contribution in [0.2, 0.25) is 5.02 Å². The summed E-state index contributed by atoms with van der Waals surface area (Å²) >= 11 is 6.18. The first-order chi connectivity index (χ1) is 7.79. The average Bonchev–Trinajstić information content (AvgIpc) is 2.31. The monoisotopic (exact) mass is 239 g/mol. The Balaban J connectivity index is 2.51. The van der Waals surface area contributed by atoms with Crippen LogP contribution < -0.4 is 5.73 Å². The van der Waals surface area contributed by atoms with E-state index in [1.165, 1.54) is 31.2 Å². The molecule has 90 valence electrons. The molecule has 0 aliphatic rings. The Morgan fingerprint density at radius 1 is 1.19 bits per heavy atom. The molecule has 1 nitrogen and oxygen atoms in total. The maximum atomic E-state index is 6.18. The molecular weight excluding hydrogens is 218 g/mol. The third-order valence-electron chi connectivity index (χ3n) is 3.04. The summed E-state index contributed by atoms with van der Waals surface area (Å²) in [6, 6.07) is 8.05. The maximum Gasteiger partial charge on any atom is 0.0441 e. The lowest BCUT2D eigenvalue weighted by atomic mass is 9.93. The number of hydrogen-bond acceptors (Lipinski definition) is 1. The predicted octanol–water partition coefficient (Wildman–Crippen LogP) is 4.35. The van der Waals surface area contributed by atoms with E-state index < -0.39 is 0 Å². The van der Waals surface area contributed by atoms with E-state index in [1.54, 1.807) is 0 Å². The van der Waals surface area contributed by atoms with Crippen LogP contribution in [-0.2, 0) is 0 Å². The second kappa shape index (κ2) is 7.70. The lowest BCUT2D eigenvalue weighted by Gasteiger charge is -2.16. The third kappa shape index (κ3) is 4.15. The molecule has 0 aliphatic carbocycles. The normalized spacial score (nSPS) is 12.7. The molecule has 0 radical (unpaired) electrons. The Hall–Kier alpha value is -0.530. The lowest BCUT2D eigenvalue weighted by Crippen LogP contribution is -2.13. The van der Waals surface area contributed by atoms with Crippen molar-refractivity contribution in [2.75, 3.05) is 6.54 Å². The van der Waals surface area contributed by atoms with Crippen molar-refractivity contribution >= 4 is 11.6 Å². The summed E-state index contributed by atoms with van der Waals surface area (Å²) in [5.74, 6) is 0.422. The Morgan fingerprint density at radius 3 is 2.56 bits per heavy atom. The lowest BCUT2D eigenvalue weighted by molar-refractivity contribution is 0.559. The van der Waals surface area contributed by atoms with E-state index in [-0.39, 0.29) is 0 Å². The van der Waals surface area contributed by atoms with Gasteiger partial charge in [-0.25, -0.2) is 0 Å². The van der Waals surface area contributed by atoms with Gasteiger partial charge in [-0.1, -0.05) is 62.4 Å². The summed E-state index contributed by atoms with van der Waals surface area (Å²) in [5, 5.41) is 0.855. The van der Waals surface area contributed by atoms with Gasteiger partial charge in [0.15, 0.2) is 0 Å². The summed E-state index contributed by atoms with van der Waals surface area (Å²) in [6.07, 6.45) is 6.30. The molecule has 1 unspecified atom stereocenters. The average molecular weight is 240 g/mol. The van der Waals surface area contributed by atoms with Crippen LogP contribution in [0.5, 0.6) is 0 Å². The third-order valence-corrected chi connectivity index (χ3v) is 3.38. The van der Waals surface area contributed by atoms with Crippen molar-refractivity contribution in [3.05, 3.63) is 34.9 Å². The zero-order valence-corrected chi connectivity index (χ0v) is 10.8. The van der Waals surface area contributed by atoms with E-state index in [9.17, 15) is 0 Å². The van der Waals surface area contributed by atoms with Crippen molar-refractivity contribution in [2.45, 2.75) is 44.9 Å². The van der Waals surface area contributed by atoms with Gasteiger partial charge in [0.2, 0.25) is 0 Å². The highest BCUT2D eigenvalue weighted by Gasteiger charge is 2.11. The molecule has 2 N–H and O–H groups in total. The second-order valence-electron chi connectivity index (χ2n) is 4.30. The molecule has 0 amide bonds. The van der Waals surface area contributed by atoms with E-state index in [0.29, 0.717) is 12.5 Å². The Labute approximate surface area is 104 Å². The van der Waals surface area contributed by atoms with Crippen LogP contribution in [0.4, 0.5) is 0 Å². The Kier molecular flexibility index (Phi) is 6.51. The molecule has 16 heavy (non-hydrogen) atoms. The van der Waals surface area contributed by atoms with Crippen LogP contribution in [0, 0.1) is 0 Å². The molecule has 1 rings (SSSR count). The van der Waals surface area contributed by atoms with Gasteiger partial charge in [-0.3, -0.25) is 0 Å². The molecule has 0 bridgehead atoms. The Bertz CT molecular complexity index is 299. The minimum Gasteiger partial charge on any atom is -0.330 e. The van der Waals surface area contributed by atoms with Crippen molar-refractivity contribution in [3.8, 4) is 0 Å². The quantitative estimate of drug-likeness (QED) is 0.704. The number of unbranched alkanes of at least 4 members (excludes halogenated alkanes) is 3. The van der Waals surface area contributed by atoms with E-state index in [4.69, 9.17) is 17.3 Å². The fourth-order valence-electron chi connectivity index (χ4n) is 2.02. The number of hydrogen-bond donors (Lipinski definition) is 1. The molecule has 0 saturated carbocycles. The molecule has 0 fully saturated rings. The van der Waals surface area contributed by atoms with Crippen LogP contribution in [0.3, 0.4) is 0 Å². The first-order valence-electron chi connectivity index (χ1n) is 6.24. The van der Waals surface area contributed by atoms with Crippen molar-refractivity contribution < 1.29 is 0 Å². The van der Waals surface area contributed by atoms with Crippen molar-refractivity contribution in [1.29, 1.82) is 0 Å². The summed E-state index contributed by atoms with van der Waals surface area (Å²) in [5.41, 5.74) is 7.04. The summed E-state index contributed by atoms with van der Waals surface area (Å²) in [7, 11) is 0. The first kappa shape index (κ1) is 13.5. The van der Waals surface area contributed by atoms with Gasteiger partial charge in [-0.2, -0.15) is 0 Å². The fraction of sp³-hybridized carbons (Fsp3) is 0.571. The van der Waals surface area contributed by atoms with E-state index in [1.807, 2.05) is 18.2 Å². The molecule has 0 aromatic heterocycles. The summed E-state index contributed by atoms with van der Waals surface area (Å²) in [6.45, 7) is 2.92. The number of halogens is 1. The zero-order chi connectivity index (χ0) is 11.8. The van der Waals surface area contributed by atoms with Gasteiger partial charge in [0.1, 0.15) is 0 Å². The van der Waals surface area contributed by atoms with Crippen LogP contribution in [0.25, 0.3) is 0 Å². The van der Waals surface area contributed by atoms with Crippen LogP contribution in [0.1, 0.15) is 50.5 Å². The molecule has 1 atom stereocenters. The molecular formula is C14H22ClN. The minimum absolute atomic E-state index is 0.422. The van der Waals surface area contributed by atoms with E-state index in [0.717, 1.165) is 11.4 Å². The topological polar surface area (TPSA) is 26.0 Å². The predicted molar refractivity (Wildman–Crippen MR) is 72.0 cm³/mol. The largest absolute Gasteiger partial charge is 0.330 e. The highest BCUT2D eigenvalue weighted by Crippen LogP contribution is 2.27.